The monoisotopic (exact) mass is 298 g/mol. The van der Waals surface area contributed by atoms with Crippen LogP contribution in [0.1, 0.15) is 58.8 Å². The zero-order chi connectivity index (χ0) is 15.5. The molecule has 3 unspecified atom stereocenters. The SMILES string of the molecule is CCC(C)(CO)C(=O)OC12CC3CC(O)(CC(O)(C3)C1)C2. The highest BCUT2D eigenvalue weighted by atomic mass is 16.6. The van der Waals surface area contributed by atoms with Gasteiger partial charge in [-0.15, -0.1) is 0 Å². The van der Waals surface area contributed by atoms with Gasteiger partial charge >= 0.3 is 5.97 Å². The molecule has 0 aromatic carbocycles. The number of aliphatic hydroxyl groups is 3. The molecule has 120 valence electrons. The van der Waals surface area contributed by atoms with E-state index in [2.05, 4.69) is 0 Å². The van der Waals surface area contributed by atoms with Crippen molar-refractivity contribution in [2.24, 2.45) is 11.3 Å². The lowest BCUT2D eigenvalue weighted by atomic mass is 9.50. The van der Waals surface area contributed by atoms with E-state index in [-0.39, 0.29) is 12.5 Å². The lowest BCUT2D eigenvalue weighted by molar-refractivity contribution is -0.265. The Balaban J connectivity index is 1.84. The van der Waals surface area contributed by atoms with E-state index >= 15 is 0 Å². The van der Waals surface area contributed by atoms with Crippen molar-refractivity contribution in [1.82, 2.24) is 0 Å². The second-order valence-corrected chi connectivity index (χ2v) is 8.10. The van der Waals surface area contributed by atoms with Crippen molar-refractivity contribution in [3.8, 4) is 0 Å². The standard InChI is InChI=1S/C16H26O5/c1-3-13(2,10-17)12(18)21-16-6-11-4-14(19,8-16)7-15(20,5-11)9-16/h11,17,19-20H,3-10H2,1-2H3. The zero-order valence-electron chi connectivity index (χ0n) is 12.9. The molecule has 0 aromatic heterocycles. The molecule has 0 aliphatic heterocycles. The molecular weight excluding hydrogens is 272 g/mol. The second-order valence-electron chi connectivity index (χ2n) is 8.10. The number of hydrogen-bond donors (Lipinski definition) is 3. The molecule has 5 nitrogen and oxygen atoms in total. The minimum absolute atomic E-state index is 0.214. The molecule has 4 bridgehead atoms. The summed E-state index contributed by atoms with van der Waals surface area (Å²) in [5.41, 5.74) is -3.48. The van der Waals surface area contributed by atoms with E-state index in [1.54, 1.807) is 6.92 Å². The van der Waals surface area contributed by atoms with Crippen LogP contribution in [0.3, 0.4) is 0 Å². The Kier molecular flexibility index (Phi) is 3.22. The molecule has 0 aromatic rings. The van der Waals surface area contributed by atoms with Crippen LogP contribution in [0.4, 0.5) is 0 Å². The summed E-state index contributed by atoms with van der Waals surface area (Å²) in [6.07, 6.45) is 3.82. The van der Waals surface area contributed by atoms with Crippen LogP contribution in [0.25, 0.3) is 0 Å². The first kappa shape index (κ1) is 15.3. The van der Waals surface area contributed by atoms with E-state index in [0.29, 0.717) is 44.9 Å². The molecule has 3 atom stereocenters. The Morgan fingerprint density at radius 1 is 1.19 bits per heavy atom. The van der Waals surface area contributed by atoms with Crippen LogP contribution in [-0.2, 0) is 9.53 Å². The third kappa shape index (κ3) is 2.39. The highest BCUT2D eigenvalue weighted by Gasteiger charge is 2.64. The Morgan fingerprint density at radius 3 is 2.19 bits per heavy atom. The van der Waals surface area contributed by atoms with Gasteiger partial charge in [0.15, 0.2) is 0 Å². The molecule has 4 saturated carbocycles. The molecular formula is C16H26O5. The Morgan fingerprint density at radius 2 is 1.76 bits per heavy atom. The van der Waals surface area contributed by atoms with E-state index < -0.39 is 28.2 Å². The lowest BCUT2D eigenvalue weighted by Crippen LogP contribution is -2.67. The van der Waals surface area contributed by atoms with Gasteiger partial charge in [-0.1, -0.05) is 6.92 Å². The van der Waals surface area contributed by atoms with Gasteiger partial charge in [-0.05, 0) is 38.5 Å². The van der Waals surface area contributed by atoms with Crippen LogP contribution in [0.2, 0.25) is 0 Å². The summed E-state index contributed by atoms with van der Waals surface area (Å²) in [5.74, 6) is -0.201. The predicted molar refractivity (Wildman–Crippen MR) is 75.4 cm³/mol. The smallest absolute Gasteiger partial charge is 0.314 e. The fourth-order valence-electron chi connectivity index (χ4n) is 5.00. The normalized spacial score (nSPS) is 47.2. The van der Waals surface area contributed by atoms with Crippen molar-refractivity contribution < 1.29 is 24.9 Å². The third-order valence-electron chi connectivity index (χ3n) is 5.89. The fraction of sp³-hybridized carbons (Fsp3) is 0.938. The van der Waals surface area contributed by atoms with Crippen molar-refractivity contribution in [2.75, 3.05) is 6.61 Å². The van der Waals surface area contributed by atoms with Crippen molar-refractivity contribution in [1.29, 1.82) is 0 Å². The summed E-state index contributed by atoms with van der Waals surface area (Å²) in [7, 11) is 0. The topological polar surface area (TPSA) is 87.0 Å². The van der Waals surface area contributed by atoms with Crippen LogP contribution in [0.15, 0.2) is 0 Å². The molecule has 4 aliphatic rings. The zero-order valence-corrected chi connectivity index (χ0v) is 12.9. The molecule has 0 spiro atoms. The number of hydrogen-bond acceptors (Lipinski definition) is 5. The van der Waals surface area contributed by atoms with Crippen molar-refractivity contribution in [3.63, 3.8) is 0 Å². The maximum atomic E-state index is 12.5. The van der Waals surface area contributed by atoms with E-state index in [9.17, 15) is 20.1 Å². The largest absolute Gasteiger partial charge is 0.458 e. The summed E-state index contributed by atoms with van der Waals surface area (Å²) in [4.78, 5) is 12.5. The van der Waals surface area contributed by atoms with Gasteiger partial charge in [0.2, 0.25) is 0 Å². The maximum absolute atomic E-state index is 12.5. The summed E-state index contributed by atoms with van der Waals surface area (Å²) in [6, 6.07) is 0. The number of aliphatic hydroxyl groups excluding tert-OH is 1. The molecule has 21 heavy (non-hydrogen) atoms. The lowest BCUT2D eigenvalue weighted by Gasteiger charge is -2.62. The van der Waals surface area contributed by atoms with Gasteiger partial charge in [-0.2, -0.15) is 0 Å². The molecule has 0 radical (unpaired) electrons. The highest BCUT2D eigenvalue weighted by molar-refractivity contribution is 5.77. The van der Waals surface area contributed by atoms with Gasteiger partial charge < -0.3 is 20.1 Å². The quantitative estimate of drug-likeness (QED) is 0.677. The summed E-state index contributed by atoms with van der Waals surface area (Å²) in [5, 5.41) is 30.8. The first-order chi connectivity index (χ1) is 9.66. The van der Waals surface area contributed by atoms with Crippen molar-refractivity contribution in [2.45, 2.75) is 75.6 Å². The van der Waals surface area contributed by atoms with Crippen LogP contribution in [0.5, 0.6) is 0 Å². The Hall–Kier alpha value is -0.650. The molecule has 0 saturated heterocycles. The summed E-state index contributed by atoms with van der Waals surface area (Å²) >= 11 is 0. The van der Waals surface area contributed by atoms with Gasteiger partial charge in [0.1, 0.15) is 5.60 Å². The minimum atomic E-state index is -0.908. The molecule has 4 rings (SSSR count). The van der Waals surface area contributed by atoms with E-state index in [1.807, 2.05) is 6.92 Å². The Labute approximate surface area is 125 Å². The first-order valence-corrected chi connectivity index (χ1v) is 7.95. The molecule has 4 aliphatic carbocycles. The fourth-order valence-corrected chi connectivity index (χ4v) is 5.00. The third-order valence-corrected chi connectivity index (χ3v) is 5.89. The number of rotatable bonds is 4. The van der Waals surface area contributed by atoms with E-state index in [4.69, 9.17) is 4.74 Å². The van der Waals surface area contributed by atoms with Gasteiger partial charge in [0.05, 0.1) is 23.2 Å². The van der Waals surface area contributed by atoms with Gasteiger partial charge in [0.25, 0.3) is 0 Å². The van der Waals surface area contributed by atoms with Crippen molar-refractivity contribution in [3.05, 3.63) is 0 Å². The van der Waals surface area contributed by atoms with Crippen LogP contribution < -0.4 is 0 Å². The molecule has 4 fully saturated rings. The summed E-state index contributed by atoms with van der Waals surface area (Å²) in [6.45, 7) is 3.29. The van der Waals surface area contributed by atoms with Gasteiger partial charge in [0, 0.05) is 19.3 Å². The maximum Gasteiger partial charge on any atom is 0.314 e. The van der Waals surface area contributed by atoms with Crippen molar-refractivity contribution >= 4 is 5.97 Å². The number of carbonyl (C=O) groups excluding carboxylic acids is 1. The second kappa shape index (κ2) is 4.43. The highest BCUT2D eigenvalue weighted by Crippen LogP contribution is 2.60. The molecule has 0 heterocycles. The summed E-state index contributed by atoms with van der Waals surface area (Å²) < 4.78 is 5.81. The number of esters is 1. The first-order valence-electron chi connectivity index (χ1n) is 7.95. The van der Waals surface area contributed by atoms with Crippen LogP contribution in [-0.4, -0.2) is 44.7 Å². The van der Waals surface area contributed by atoms with E-state index in [1.165, 1.54) is 0 Å². The van der Waals surface area contributed by atoms with E-state index in [0.717, 1.165) is 0 Å². The molecule has 3 N–H and O–H groups in total. The molecule has 0 amide bonds. The van der Waals surface area contributed by atoms with Crippen LogP contribution in [0, 0.1) is 11.3 Å². The van der Waals surface area contributed by atoms with Crippen LogP contribution >= 0.6 is 0 Å². The number of ether oxygens (including phenoxy) is 1. The predicted octanol–water partition coefficient (Wildman–Crippen LogP) is 1.14. The minimum Gasteiger partial charge on any atom is -0.458 e. The van der Waals surface area contributed by atoms with Gasteiger partial charge in [-0.25, -0.2) is 0 Å². The average Bonchev–Trinajstić information content (AvgIpc) is 2.32. The van der Waals surface area contributed by atoms with Gasteiger partial charge in [-0.3, -0.25) is 4.79 Å². The Bertz CT molecular complexity index is 438. The molecule has 5 heteroatoms. The number of carbonyl (C=O) groups is 1. The average molecular weight is 298 g/mol.